The van der Waals surface area contributed by atoms with Crippen LogP contribution in [0.15, 0.2) is 0 Å². The monoisotopic (exact) mass is 312 g/mol. The summed E-state index contributed by atoms with van der Waals surface area (Å²) < 4.78 is 10.4. The lowest BCUT2D eigenvalue weighted by molar-refractivity contribution is 0.0365. The van der Waals surface area contributed by atoms with Gasteiger partial charge in [0.2, 0.25) is 0 Å². The van der Waals surface area contributed by atoms with Crippen LogP contribution in [0.4, 0.5) is 5.82 Å². The molecule has 0 aliphatic rings. The van der Waals surface area contributed by atoms with Crippen LogP contribution in [0.25, 0.3) is 0 Å². The average molecular weight is 312 g/mol. The number of ether oxygens (including phenoxy) is 2. The quantitative estimate of drug-likeness (QED) is 0.665. The van der Waals surface area contributed by atoms with Gasteiger partial charge in [0.25, 0.3) is 0 Å². The van der Waals surface area contributed by atoms with Crippen molar-refractivity contribution in [1.29, 1.82) is 0 Å². The molecule has 0 aliphatic heterocycles. The number of nitrogens with one attached hydrogen (secondary N) is 1. The van der Waals surface area contributed by atoms with Gasteiger partial charge < -0.3 is 20.5 Å². The molecule has 1 rings (SSSR count). The largest absolute Gasteiger partial charge is 0.389 e. The molecule has 3 N–H and O–H groups in total. The highest BCUT2D eigenvalue weighted by molar-refractivity contribution is 7.80. The maximum atomic E-state index is 5.88. The zero-order chi connectivity index (χ0) is 15.8. The van der Waals surface area contributed by atoms with Crippen LogP contribution in [0, 0.1) is 0 Å². The topological polar surface area (TPSA) is 82.3 Å². The molecule has 1 aromatic heterocycles. The van der Waals surface area contributed by atoms with Gasteiger partial charge in [0.1, 0.15) is 4.99 Å². The van der Waals surface area contributed by atoms with E-state index in [0.29, 0.717) is 24.0 Å². The molecule has 1 aromatic rings. The second kappa shape index (κ2) is 8.86. The van der Waals surface area contributed by atoms with E-state index in [4.69, 9.17) is 27.4 Å². The van der Waals surface area contributed by atoms with Crippen LogP contribution in [-0.4, -0.2) is 48.7 Å². The Kier molecular flexibility index (Phi) is 7.49. The molecule has 1 unspecified atom stereocenters. The zero-order valence-electron chi connectivity index (χ0n) is 13.1. The number of nitrogens with two attached hydrogens (primary N) is 1. The first kappa shape index (κ1) is 17.7. The van der Waals surface area contributed by atoms with Crippen LogP contribution in [-0.2, 0) is 22.3 Å². The van der Waals surface area contributed by atoms with Crippen molar-refractivity contribution in [3.8, 4) is 0 Å². The van der Waals surface area contributed by atoms with Gasteiger partial charge >= 0.3 is 0 Å². The van der Waals surface area contributed by atoms with E-state index in [1.807, 2.05) is 6.92 Å². The van der Waals surface area contributed by atoms with Crippen molar-refractivity contribution in [2.75, 3.05) is 32.7 Å². The number of thiocarbonyl (C=S) groups is 1. The maximum Gasteiger partial charge on any atom is 0.159 e. The first-order valence-electron chi connectivity index (χ1n) is 7.02. The SMILES string of the molecule is CCc1nnc(NCC(COC)OC)c(C(N)=S)c1CC. The van der Waals surface area contributed by atoms with Crippen molar-refractivity contribution in [3.63, 3.8) is 0 Å². The zero-order valence-corrected chi connectivity index (χ0v) is 13.9. The van der Waals surface area contributed by atoms with Gasteiger partial charge in [-0.15, -0.1) is 5.10 Å². The van der Waals surface area contributed by atoms with E-state index in [1.54, 1.807) is 14.2 Å². The fourth-order valence-corrected chi connectivity index (χ4v) is 2.39. The molecule has 6 nitrogen and oxygen atoms in total. The first-order chi connectivity index (χ1) is 10.1. The Bertz CT molecular complexity index is 482. The molecule has 0 saturated carbocycles. The second-order valence-corrected chi connectivity index (χ2v) is 5.05. The van der Waals surface area contributed by atoms with Crippen LogP contribution in [0.2, 0.25) is 0 Å². The third-order valence-electron chi connectivity index (χ3n) is 3.28. The summed E-state index contributed by atoms with van der Waals surface area (Å²) in [5, 5.41) is 11.7. The molecule has 118 valence electrons. The number of anilines is 1. The molecule has 1 atom stereocenters. The summed E-state index contributed by atoms with van der Waals surface area (Å²) in [6, 6.07) is 0. The summed E-state index contributed by atoms with van der Waals surface area (Å²) in [4.78, 5) is 0.333. The predicted molar refractivity (Wildman–Crippen MR) is 87.8 cm³/mol. The summed E-state index contributed by atoms with van der Waals surface area (Å²) in [5.41, 5.74) is 8.66. The molecule has 0 fully saturated rings. The number of nitrogens with zero attached hydrogens (tertiary/aromatic N) is 2. The summed E-state index contributed by atoms with van der Waals surface area (Å²) in [5.74, 6) is 0.606. The molecular formula is C14H24N4O2S. The van der Waals surface area contributed by atoms with E-state index in [0.717, 1.165) is 29.7 Å². The number of aryl methyl sites for hydroxylation is 1. The highest BCUT2D eigenvalue weighted by Gasteiger charge is 2.17. The van der Waals surface area contributed by atoms with E-state index < -0.39 is 0 Å². The minimum Gasteiger partial charge on any atom is -0.389 e. The lowest BCUT2D eigenvalue weighted by Gasteiger charge is -2.18. The standard InChI is InChI=1S/C14H24N4O2S/c1-5-10-11(6-2)17-18-14(12(10)13(15)21)16-7-9(20-4)8-19-3/h9H,5-8H2,1-4H3,(H2,15,21)(H,16,18). The molecule has 0 spiro atoms. The van der Waals surface area contributed by atoms with Crippen LogP contribution in [0.1, 0.15) is 30.7 Å². The number of rotatable bonds is 9. The summed E-state index contributed by atoms with van der Waals surface area (Å²) in [7, 11) is 3.28. The van der Waals surface area contributed by atoms with Crippen molar-refractivity contribution in [2.45, 2.75) is 32.8 Å². The van der Waals surface area contributed by atoms with Gasteiger partial charge in [-0.2, -0.15) is 5.10 Å². The summed E-state index contributed by atoms with van der Waals surface area (Å²) >= 11 is 5.18. The molecular weight excluding hydrogens is 288 g/mol. The number of hydrogen-bond acceptors (Lipinski definition) is 6. The van der Waals surface area contributed by atoms with E-state index in [2.05, 4.69) is 22.4 Å². The third kappa shape index (κ3) is 4.59. The lowest BCUT2D eigenvalue weighted by Crippen LogP contribution is -2.28. The molecule has 0 aromatic carbocycles. The van der Waals surface area contributed by atoms with Crippen LogP contribution >= 0.6 is 12.2 Å². The highest BCUT2D eigenvalue weighted by Crippen LogP contribution is 2.21. The predicted octanol–water partition coefficient (Wildman–Crippen LogP) is 1.31. The Balaban J connectivity index is 3.04. The number of methoxy groups -OCH3 is 2. The molecule has 0 amide bonds. The first-order valence-corrected chi connectivity index (χ1v) is 7.43. The number of hydrogen-bond donors (Lipinski definition) is 2. The Labute approximate surface area is 131 Å². The molecule has 1 heterocycles. The van der Waals surface area contributed by atoms with Gasteiger partial charge in [0.05, 0.1) is 24.0 Å². The van der Waals surface area contributed by atoms with Gasteiger partial charge in [-0.05, 0) is 18.4 Å². The Morgan fingerprint density at radius 1 is 1.29 bits per heavy atom. The van der Waals surface area contributed by atoms with Crippen molar-refractivity contribution in [1.82, 2.24) is 10.2 Å². The second-order valence-electron chi connectivity index (χ2n) is 4.61. The lowest BCUT2D eigenvalue weighted by atomic mass is 10.0. The Hall–Kier alpha value is -1.31. The molecule has 7 heteroatoms. The minimum absolute atomic E-state index is 0.0769. The van der Waals surface area contributed by atoms with Crippen molar-refractivity contribution >= 4 is 23.0 Å². The van der Waals surface area contributed by atoms with E-state index in [-0.39, 0.29) is 6.10 Å². The van der Waals surface area contributed by atoms with Gasteiger partial charge in [-0.1, -0.05) is 26.1 Å². The average Bonchev–Trinajstić information content (AvgIpc) is 2.49. The van der Waals surface area contributed by atoms with E-state index in [9.17, 15) is 0 Å². The molecule has 0 aliphatic carbocycles. The van der Waals surface area contributed by atoms with Gasteiger partial charge in [-0.25, -0.2) is 0 Å². The van der Waals surface area contributed by atoms with Gasteiger partial charge in [-0.3, -0.25) is 0 Å². The van der Waals surface area contributed by atoms with Crippen molar-refractivity contribution in [3.05, 3.63) is 16.8 Å². The molecule has 0 bridgehead atoms. The third-order valence-corrected chi connectivity index (χ3v) is 3.48. The summed E-state index contributed by atoms with van der Waals surface area (Å²) in [6.07, 6.45) is 1.54. The normalized spacial score (nSPS) is 12.2. The molecule has 0 radical (unpaired) electrons. The molecule has 21 heavy (non-hydrogen) atoms. The fraction of sp³-hybridized carbons (Fsp3) is 0.643. The van der Waals surface area contributed by atoms with Crippen LogP contribution in [0.3, 0.4) is 0 Å². The Morgan fingerprint density at radius 2 is 2.00 bits per heavy atom. The Morgan fingerprint density at radius 3 is 2.48 bits per heavy atom. The molecule has 0 saturated heterocycles. The van der Waals surface area contributed by atoms with Crippen LogP contribution in [0.5, 0.6) is 0 Å². The highest BCUT2D eigenvalue weighted by atomic mass is 32.1. The van der Waals surface area contributed by atoms with Crippen molar-refractivity contribution in [2.24, 2.45) is 5.73 Å². The summed E-state index contributed by atoms with van der Waals surface area (Å²) in [6.45, 7) is 5.14. The number of aromatic nitrogens is 2. The fourth-order valence-electron chi connectivity index (χ4n) is 2.17. The van der Waals surface area contributed by atoms with Crippen molar-refractivity contribution < 1.29 is 9.47 Å². The maximum absolute atomic E-state index is 5.88. The minimum atomic E-state index is -0.0769. The van der Waals surface area contributed by atoms with E-state index >= 15 is 0 Å². The van der Waals surface area contributed by atoms with Gasteiger partial charge in [0.15, 0.2) is 5.82 Å². The van der Waals surface area contributed by atoms with Crippen LogP contribution < -0.4 is 11.1 Å². The smallest absolute Gasteiger partial charge is 0.159 e. The van der Waals surface area contributed by atoms with Gasteiger partial charge in [0, 0.05) is 20.8 Å². The van der Waals surface area contributed by atoms with E-state index in [1.165, 1.54) is 0 Å².